The van der Waals surface area contributed by atoms with Crippen LogP contribution in [0.25, 0.3) is 0 Å². The van der Waals surface area contributed by atoms with E-state index in [0.29, 0.717) is 19.6 Å². The summed E-state index contributed by atoms with van der Waals surface area (Å²) < 4.78 is 10.4. The highest BCUT2D eigenvalue weighted by Crippen LogP contribution is 2.16. The Morgan fingerprint density at radius 3 is 2.41 bits per heavy atom. The van der Waals surface area contributed by atoms with Gasteiger partial charge in [0.25, 0.3) is 0 Å². The van der Waals surface area contributed by atoms with Gasteiger partial charge in [0.2, 0.25) is 5.91 Å². The fourth-order valence-corrected chi connectivity index (χ4v) is 2.00. The smallest absolute Gasteiger partial charge is 0.224 e. The lowest BCUT2D eigenvalue weighted by atomic mass is 10.1. The minimum Gasteiger partial charge on any atom is -0.491 e. The lowest BCUT2D eigenvalue weighted by Crippen LogP contribution is -2.12. The summed E-state index contributed by atoms with van der Waals surface area (Å²) in [6.07, 6.45) is 1.21. The molecule has 4 heteroatoms. The number of carbonyl (C=O) groups is 1. The highest BCUT2D eigenvalue weighted by atomic mass is 16.5. The van der Waals surface area contributed by atoms with Gasteiger partial charge in [-0.25, -0.2) is 0 Å². The summed E-state index contributed by atoms with van der Waals surface area (Å²) in [6, 6.07) is 17.3. The Morgan fingerprint density at radius 1 is 1.00 bits per heavy atom. The van der Waals surface area contributed by atoms with Gasteiger partial charge in [0, 0.05) is 19.2 Å². The second kappa shape index (κ2) is 8.85. The average molecular weight is 299 g/mol. The fraction of sp³-hybridized carbons (Fsp3) is 0.278. The summed E-state index contributed by atoms with van der Waals surface area (Å²) in [5.41, 5.74) is 1.94. The van der Waals surface area contributed by atoms with Crippen molar-refractivity contribution in [2.45, 2.75) is 12.8 Å². The van der Waals surface area contributed by atoms with Crippen LogP contribution in [0.5, 0.6) is 5.75 Å². The highest BCUT2D eigenvalue weighted by Gasteiger charge is 2.03. The Hall–Kier alpha value is -2.33. The van der Waals surface area contributed by atoms with Gasteiger partial charge in [-0.15, -0.1) is 0 Å². The van der Waals surface area contributed by atoms with E-state index in [1.165, 1.54) is 5.56 Å². The zero-order valence-corrected chi connectivity index (χ0v) is 12.7. The average Bonchev–Trinajstić information content (AvgIpc) is 2.56. The fourth-order valence-electron chi connectivity index (χ4n) is 2.00. The molecule has 2 aromatic rings. The van der Waals surface area contributed by atoms with Gasteiger partial charge in [-0.05, 0) is 36.2 Å². The van der Waals surface area contributed by atoms with Crippen LogP contribution in [0.3, 0.4) is 0 Å². The molecule has 0 spiro atoms. The largest absolute Gasteiger partial charge is 0.491 e. The van der Waals surface area contributed by atoms with Crippen LogP contribution >= 0.6 is 0 Å². The molecule has 0 aliphatic rings. The van der Waals surface area contributed by atoms with Crippen LogP contribution in [-0.2, 0) is 16.0 Å². The van der Waals surface area contributed by atoms with E-state index in [1.807, 2.05) is 54.6 Å². The van der Waals surface area contributed by atoms with Gasteiger partial charge in [-0.1, -0.05) is 30.3 Å². The van der Waals surface area contributed by atoms with Gasteiger partial charge in [-0.3, -0.25) is 4.79 Å². The van der Waals surface area contributed by atoms with Crippen molar-refractivity contribution in [3.63, 3.8) is 0 Å². The van der Waals surface area contributed by atoms with Crippen molar-refractivity contribution in [2.24, 2.45) is 0 Å². The molecule has 0 atom stereocenters. The van der Waals surface area contributed by atoms with E-state index in [-0.39, 0.29) is 5.91 Å². The molecule has 0 aliphatic heterocycles. The lowest BCUT2D eigenvalue weighted by Gasteiger charge is -2.08. The molecule has 0 aromatic heterocycles. The van der Waals surface area contributed by atoms with Crippen molar-refractivity contribution in [3.8, 4) is 5.75 Å². The maximum Gasteiger partial charge on any atom is 0.224 e. The number of methoxy groups -OCH3 is 1. The van der Waals surface area contributed by atoms with Gasteiger partial charge in [0.05, 0.1) is 6.61 Å². The molecule has 0 saturated carbocycles. The standard InChI is InChI=1S/C18H21NO3/c1-21-13-14-22-17-10-8-16(9-11-17)19-18(20)12-7-15-5-3-2-4-6-15/h2-6,8-11H,7,12-14H2,1H3,(H,19,20). The normalized spacial score (nSPS) is 10.2. The molecule has 0 radical (unpaired) electrons. The SMILES string of the molecule is COCCOc1ccc(NC(=O)CCc2ccccc2)cc1. The number of nitrogens with one attached hydrogen (secondary N) is 1. The predicted octanol–water partition coefficient (Wildman–Crippen LogP) is 3.28. The molecule has 4 nitrogen and oxygen atoms in total. The molecule has 0 fully saturated rings. The van der Waals surface area contributed by atoms with Crippen LogP contribution in [0.4, 0.5) is 5.69 Å². The summed E-state index contributed by atoms with van der Waals surface area (Å²) >= 11 is 0. The summed E-state index contributed by atoms with van der Waals surface area (Å²) in [5.74, 6) is 0.774. The second-order valence-corrected chi connectivity index (χ2v) is 4.90. The number of ether oxygens (including phenoxy) is 2. The number of rotatable bonds is 8. The third kappa shape index (κ3) is 5.58. The van der Waals surface area contributed by atoms with E-state index >= 15 is 0 Å². The van der Waals surface area contributed by atoms with Gasteiger partial charge >= 0.3 is 0 Å². The molecule has 2 aromatic carbocycles. The molecule has 1 N–H and O–H groups in total. The molecule has 0 unspecified atom stereocenters. The van der Waals surface area contributed by atoms with Crippen molar-refractivity contribution in [3.05, 3.63) is 60.2 Å². The van der Waals surface area contributed by atoms with E-state index in [4.69, 9.17) is 9.47 Å². The third-order valence-electron chi connectivity index (χ3n) is 3.18. The quantitative estimate of drug-likeness (QED) is 0.761. The van der Waals surface area contributed by atoms with Crippen LogP contribution in [0, 0.1) is 0 Å². The molecule has 116 valence electrons. The van der Waals surface area contributed by atoms with Gasteiger partial charge in [0.1, 0.15) is 12.4 Å². The molecular weight excluding hydrogens is 278 g/mol. The number of hydrogen-bond donors (Lipinski definition) is 1. The summed E-state index contributed by atoms with van der Waals surface area (Å²) in [5, 5.41) is 2.89. The molecule has 0 aliphatic carbocycles. The number of benzene rings is 2. The minimum absolute atomic E-state index is 0.0110. The maximum absolute atomic E-state index is 11.9. The summed E-state index contributed by atoms with van der Waals surface area (Å²) in [6.45, 7) is 1.07. The van der Waals surface area contributed by atoms with Gasteiger partial charge < -0.3 is 14.8 Å². The van der Waals surface area contributed by atoms with Crippen LogP contribution in [-0.4, -0.2) is 26.2 Å². The van der Waals surface area contributed by atoms with E-state index in [1.54, 1.807) is 7.11 Å². The monoisotopic (exact) mass is 299 g/mol. The molecule has 0 heterocycles. The van der Waals surface area contributed by atoms with E-state index in [9.17, 15) is 4.79 Å². The first kappa shape index (κ1) is 16.0. The third-order valence-corrected chi connectivity index (χ3v) is 3.18. The van der Waals surface area contributed by atoms with Gasteiger partial charge in [0.15, 0.2) is 0 Å². The number of aryl methyl sites for hydroxylation is 1. The maximum atomic E-state index is 11.9. The zero-order chi connectivity index (χ0) is 15.6. The first-order chi connectivity index (χ1) is 10.8. The zero-order valence-electron chi connectivity index (χ0n) is 12.7. The predicted molar refractivity (Wildman–Crippen MR) is 87.2 cm³/mol. The number of carbonyl (C=O) groups excluding carboxylic acids is 1. The Labute approximate surface area is 131 Å². The number of amides is 1. The summed E-state index contributed by atoms with van der Waals surface area (Å²) in [7, 11) is 1.64. The first-order valence-corrected chi connectivity index (χ1v) is 7.33. The number of hydrogen-bond acceptors (Lipinski definition) is 3. The first-order valence-electron chi connectivity index (χ1n) is 7.33. The second-order valence-electron chi connectivity index (χ2n) is 4.90. The van der Waals surface area contributed by atoms with Crippen molar-refractivity contribution in [1.82, 2.24) is 0 Å². The Morgan fingerprint density at radius 2 is 1.73 bits per heavy atom. The van der Waals surface area contributed by atoms with E-state index < -0.39 is 0 Å². The highest BCUT2D eigenvalue weighted by molar-refractivity contribution is 5.90. The molecule has 1 amide bonds. The van der Waals surface area contributed by atoms with Crippen LogP contribution < -0.4 is 10.1 Å². The Balaban J connectivity index is 1.76. The van der Waals surface area contributed by atoms with Crippen molar-refractivity contribution in [2.75, 3.05) is 25.6 Å². The Kier molecular flexibility index (Phi) is 6.45. The molecule has 22 heavy (non-hydrogen) atoms. The van der Waals surface area contributed by atoms with Gasteiger partial charge in [-0.2, -0.15) is 0 Å². The minimum atomic E-state index is 0.0110. The Bertz CT molecular complexity index is 567. The molecule has 2 rings (SSSR count). The summed E-state index contributed by atoms with van der Waals surface area (Å²) in [4.78, 5) is 11.9. The molecular formula is C18H21NO3. The number of anilines is 1. The van der Waals surface area contributed by atoms with Crippen LogP contribution in [0.15, 0.2) is 54.6 Å². The van der Waals surface area contributed by atoms with Crippen molar-refractivity contribution in [1.29, 1.82) is 0 Å². The van der Waals surface area contributed by atoms with E-state index in [0.717, 1.165) is 17.9 Å². The van der Waals surface area contributed by atoms with Crippen molar-refractivity contribution >= 4 is 11.6 Å². The molecule has 0 saturated heterocycles. The lowest BCUT2D eigenvalue weighted by molar-refractivity contribution is -0.116. The molecule has 0 bridgehead atoms. The van der Waals surface area contributed by atoms with Crippen molar-refractivity contribution < 1.29 is 14.3 Å². The van der Waals surface area contributed by atoms with E-state index in [2.05, 4.69) is 5.32 Å². The topological polar surface area (TPSA) is 47.6 Å². The van der Waals surface area contributed by atoms with Crippen LogP contribution in [0.2, 0.25) is 0 Å². The van der Waals surface area contributed by atoms with Crippen LogP contribution in [0.1, 0.15) is 12.0 Å².